The Labute approximate surface area is 77.0 Å². The van der Waals surface area contributed by atoms with Crippen LogP contribution in [0.3, 0.4) is 0 Å². The van der Waals surface area contributed by atoms with E-state index in [1.54, 1.807) is 32.4 Å². The average molecular weight is 176 g/mol. The molecule has 1 aromatic heterocycles. The van der Waals surface area contributed by atoms with Crippen molar-refractivity contribution in [1.29, 1.82) is 0 Å². The van der Waals surface area contributed by atoms with Crippen molar-refractivity contribution >= 4 is 0 Å². The quantitative estimate of drug-likeness (QED) is 0.595. The summed E-state index contributed by atoms with van der Waals surface area (Å²) in [6.45, 7) is 1.79. The van der Waals surface area contributed by atoms with Crippen LogP contribution in [-0.4, -0.2) is 9.55 Å². The van der Waals surface area contributed by atoms with Gasteiger partial charge in [0.1, 0.15) is 0 Å². The molecule has 1 aromatic rings. The topological polar surface area (TPSA) is 34.9 Å². The Bertz CT molecular complexity index is 394. The Hall–Kier alpha value is -1.64. The van der Waals surface area contributed by atoms with Crippen molar-refractivity contribution < 1.29 is 0 Å². The number of aromatic nitrogens is 2. The van der Waals surface area contributed by atoms with E-state index in [1.807, 2.05) is 12.1 Å². The summed E-state index contributed by atoms with van der Waals surface area (Å²) in [5.41, 5.74) is 0.637. The molecule has 1 heterocycles. The fourth-order valence-corrected chi connectivity index (χ4v) is 0.844. The van der Waals surface area contributed by atoms with Gasteiger partial charge in [-0.3, -0.25) is 9.78 Å². The van der Waals surface area contributed by atoms with Gasteiger partial charge in [0.15, 0.2) is 0 Å². The molecule has 0 N–H and O–H groups in total. The van der Waals surface area contributed by atoms with Gasteiger partial charge in [0.2, 0.25) is 0 Å². The van der Waals surface area contributed by atoms with Crippen molar-refractivity contribution in [3.8, 4) is 0 Å². The molecule has 0 aromatic carbocycles. The second kappa shape index (κ2) is 4.40. The lowest BCUT2D eigenvalue weighted by atomic mass is 10.4. The van der Waals surface area contributed by atoms with Crippen LogP contribution in [0.15, 0.2) is 41.5 Å². The van der Waals surface area contributed by atoms with E-state index in [4.69, 9.17) is 0 Å². The van der Waals surface area contributed by atoms with Crippen LogP contribution in [0.5, 0.6) is 0 Å². The van der Waals surface area contributed by atoms with E-state index in [0.717, 1.165) is 0 Å². The van der Waals surface area contributed by atoms with E-state index in [9.17, 15) is 4.79 Å². The highest BCUT2D eigenvalue weighted by Gasteiger charge is 1.83. The minimum atomic E-state index is -0.0683. The molecule has 13 heavy (non-hydrogen) atoms. The summed E-state index contributed by atoms with van der Waals surface area (Å²) in [5.74, 6) is 0. The first-order chi connectivity index (χ1) is 6.20. The number of hydrogen-bond donors (Lipinski definition) is 0. The lowest BCUT2D eigenvalue weighted by Crippen LogP contribution is -2.12. The first-order valence-electron chi connectivity index (χ1n) is 4.03. The van der Waals surface area contributed by atoms with Crippen molar-refractivity contribution in [2.75, 3.05) is 0 Å². The first kappa shape index (κ1) is 9.45. The summed E-state index contributed by atoms with van der Waals surface area (Å²) >= 11 is 0. The Balaban J connectivity index is 3.46. The molecule has 0 saturated heterocycles. The molecule has 0 aliphatic carbocycles. The van der Waals surface area contributed by atoms with Crippen molar-refractivity contribution in [3.05, 3.63) is 52.7 Å². The molecule has 0 unspecified atom stereocenters. The van der Waals surface area contributed by atoms with Crippen LogP contribution < -0.4 is 5.56 Å². The lowest BCUT2D eigenvalue weighted by Gasteiger charge is -1.89. The second-order valence-corrected chi connectivity index (χ2v) is 2.74. The molecule has 0 aliphatic heterocycles. The van der Waals surface area contributed by atoms with E-state index < -0.39 is 0 Å². The van der Waals surface area contributed by atoms with Crippen molar-refractivity contribution in [2.45, 2.75) is 6.92 Å². The number of rotatable bonds is 0. The zero-order chi connectivity index (χ0) is 9.68. The lowest BCUT2D eigenvalue weighted by molar-refractivity contribution is 0.863. The molecule has 0 bridgehead atoms. The Morgan fingerprint density at radius 2 is 2.08 bits per heavy atom. The van der Waals surface area contributed by atoms with Gasteiger partial charge in [0.25, 0.3) is 5.56 Å². The van der Waals surface area contributed by atoms with Crippen LogP contribution in [0.2, 0.25) is 0 Å². The molecule has 3 nitrogen and oxygen atoms in total. The molecule has 0 fully saturated rings. The van der Waals surface area contributed by atoms with E-state index in [2.05, 4.69) is 4.98 Å². The number of aryl methyl sites for hydroxylation is 2. The minimum Gasteiger partial charge on any atom is -0.319 e. The summed E-state index contributed by atoms with van der Waals surface area (Å²) in [6.07, 6.45) is 3.37. The van der Waals surface area contributed by atoms with E-state index >= 15 is 0 Å². The van der Waals surface area contributed by atoms with Crippen molar-refractivity contribution in [1.82, 2.24) is 9.55 Å². The monoisotopic (exact) mass is 176 g/mol. The van der Waals surface area contributed by atoms with Crippen LogP contribution >= 0.6 is 0 Å². The second-order valence-electron chi connectivity index (χ2n) is 2.74. The number of nitrogens with zero attached hydrogens (tertiary/aromatic N) is 2. The fourth-order valence-electron chi connectivity index (χ4n) is 0.844. The predicted molar refractivity (Wildman–Crippen MR) is 51.8 cm³/mol. The van der Waals surface area contributed by atoms with Crippen molar-refractivity contribution in [2.24, 2.45) is 7.05 Å². The third-order valence-corrected chi connectivity index (χ3v) is 1.58. The molecule has 0 saturated carbocycles. The van der Waals surface area contributed by atoms with Crippen LogP contribution in [0.25, 0.3) is 0 Å². The maximum atomic E-state index is 11.3. The van der Waals surface area contributed by atoms with E-state index in [0.29, 0.717) is 5.69 Å². The van der Waals surface area contributed by atoms with E-state index in [1.165, 1.54) is 10.6 Å². The van der Waals surface area contributed by atoms with Gasteiger partial charge < -0.3 is 4.57 Å². The molecular formula is C10H12N2O. The minimum absolute atomic E-state index is 0.0683. The summed E-state index contributed by atoms with van der Waals surface area (Å²) in [5, 5.41) is 0. The summed E-state index contributed by atoms with van der Waals surface area (Å²) < 4.78 is 1.51. The summed E-state index contributed by atoms with van der Waals surface area (Å²) in [6, 6.07) is 6.93. The van der Waals surface area contributed by atoms with Crippen LogP contribution in [0.1, 0.15) is 5.69 Å². The first-order valence-corrected chi connectivity index (χ1v) is 4.03. The van der Waals surface area contributed by atoms with Gasteiger partial charge in [0.05, 0.1) is 0 Å². The zero-order valence-electron chi connectivity index (χ0n) is 7.77. The third-order valence-electron chi connectivity index (χ3n) is 1.58. The average Bonchev–Trinajstić information content (AvgIpc) is 2.09. The molecule has 0 atom stereocenters. The standard InChI is InChI=1S/C10H12N2O/c1-9-8-10(13)12(2)7-5-3-4-6-11-9/h3-8H,1-2H3. The highest BCUT2D eigenvalue weighted by molar-refractivity contribution is 4.96. The third kappa shape index (κ3) is 3.07. The van der Waals surface area contributed by atoms with Gasteiger partial charge in [-0.2, -0.15) is 0 Å². The molecular weight excluding hydrogens is 164 g/mol. The normalized spacial score (nSPS) is 9.08. The SMILES string of the molecule is Cc1cc(=O)n(C)cccccn1. The molecule has 0 aliphatic rings. The van der Waals surface area contributed by atoms with Gasteiger partial charge in [-0.15, -0.1) is 0 Å². The van der Waals surface area contributed by atoms with Crippen LogP contribution in [0.4, 0.5) is 0 Å². The molecule has 68 valence electrons. The van der Waals surface area contributed by atoms with Gasteiger partial charge in [0, 0.05) is 31.2 Å². The van der Waals surface area contributed by atoms with Crippen LogP contribution in [0, 0.1) is 6.92 Å². The van der Waals surface area contributed by atoms with Crippen LogP contribution in [-0.2, 0) is 7.05 Å². The van der Waals surface area contributed by atoms with Gasteiger partial charge in [-0.1, -0.05) is 6.07 Å². The molecule has 0 amide bonds. The maximum absolute atomic E-state index is 11.3. The Morgan fingerprint density at radius 3 is 2.85 bits per heavy atom. The smallest absolute Gasteiger partial charge is 0.252 e. The molecule has 0 spiro atoms. The Kier molecular flexibility index (Phi) is 3.20. The van der Waals surface area contributed by atoms with Gasteiger partial charge in [-0.25, -0.2) is 0 Å². The largest absolute Gasteiger partial charge is 0.319 e. The van der Waals surface area contributed by atoms with Crippen molar-refractivity contribution in [3.63, 3.8) is 0 Å². The predicted octanol–water partition coefficient (Wildman–Crippen LogP) is 1.21. The highest BCUT2D eigenvalue weighted by Crippen LogP contribution is 1.80. The molecule has 0 radical (unpaired) electrons. The number of hydrogen-bond acceptors (Lipinski definition) is 2. The summed E-state index contributed by atoms with van der Waals surface area (Å²) in [7, 11) is 1.71. The summed E-state index contributed by atoms with van der Waals surface area (Å²) in [4.78, 5) is 15.4. The molecule has 3 heteroatoms. The zero-order valence-corrected chi connectivity index (χ0v) is 7.77. The van der Waals surface area contributed by atoms with Gasteiger partial charge >= 0.3 is 0 Å². The maximum Gasteiger partial charge on any atom is 0.252 e. The fraction of sp³-hybridized carbons (Fsp3) is 0.200. The Morgan fingerprint density at radius 1 is 1.31 bits per heavy atom. The highest BCUT2D eigenvalue weighted by atomic mass is 16.1. The van der Waals surface area contributed by atoms with Gasteiger partial charge in [-0.05, 0) is 19.1 Å². The molecule has 1 rings (SSSR count). The van der Waals surface area contributed by atoms with E-state index in [-0.39, 0.29) is 5.56 Å².